The number of halogens is 1. The van der Waals surface area contributed by atoms with E-state index < -0.39 is 0 Å². The summed E-state index contributed by atoms with van der Waals surface area (Å²) in [6.07, 6.45) is 0. The normalized spacial score (nSPS) is 23.2. The Morgan fingerprint density at radius 2 is 1.74 bits per heavy atom. The molecule has 2 saturated heterocycles. The van der Waals surface area contributed by atoms with Gasteiger partial charge in [0.05, 0.1) is 0 Å². The Morgan fingerprint density at radius 1 is 1.13 bits per heavy atom. The van der Waals surface area contributed by atoms with E-state index in [1.54, 1.807) is 0 Å². The van der Waals surface area contributed by atoms with Crippen LogP contribution in [0.25, 0.3) is 11.0 Å². The zero-order valence-electron chi connectivity index (χ0n) is 13.8. The van der Waals surface area contributed by atoms with Crippen LogP contribution in [0.2, 0.25) is 0 Å². The fourth-order valence-corrected chi connectivity index (χ4v) is 4.04. The van der Waals surface area contributed by atoms with Gasteiger partial charge < -0.3 is 14.6 Å². The van der Waals surface area contributed by atoms with Crippen LogP contribution < -0.4 is 5.32 Å². The first-order valence-corrected chi connectivity index (χ1v) is 8.05. The Labute approximate surface area is 142 Å². The van der Waals surface area contributed by atoms with E-state index in [0.29, 0.717) is 17.6 Å². The highest BCUT2D eigenvalue weighted by Gasteiger charge is 2.39. The van der Waals surface area contributed by atoms with Crippen LogP contribution in [0.1, 0.15) is 27.2 Å². The van der Waals surface area contributed by atoms with Crippen molar-refractivity contribution in [2.75, 3.05) is 26.2 Å². The minimum absolute atomic E-state index is 0. The molecule has 2 aromatic rings. The number of rotatable bonds is 1. The van der Waals surface area contributed by atoms with E-state index in [4.69, 9.17) is 4.42 Å². The number of aryl methyl sites for hydroxylation is 3. The molecule has 4 rings (SSSR count). The molecule has 23 heavy (non-hydrogen) atoms. The van der Waals surface area contributed by atoms with Gasteiger partial charge in [0.15, 0.2) is 5.76 Å². The van der Waals surface area contributed by atoms with E-state index in [9.17, 15) is 4.79 Å². The molecule has 4 nitrogen and oxygen atoms in total. The minimum Gasteiger partial charge on any atom is -0.450 e. The molecule has 1 amide bonds. The van der Waals surface area contributed by atoms with Crippen molar-refractivity contribution in [1.29, 1.82) is 0 Å². The number of benzene rings is 1. The van der Waals surface area contributed by atoms with Crippen molar-refractivity contribution in [1.82, 2.24) is 10.2 Å². The maximum atomic E-state index is 12.9. The van der Waals surface area contributed by atoms with Crippen LogP contribution in [0.15, 0.2) is 16.5 Å². The highest BCUT2D eigenvalue weighted by molar-refractivity contribution is 6.00. The number of hydrogen-bond acceptors (Lipinski definition) is 3. The van der Waals surface area contributed by atoms with Crippen molar-refractivity contribution >= 4 is 29.3 Å². The van der Waals surface area contributed by atoms with Gasteiger partial charge in [0.2, 0.25) is 0 Å². The van der Waals surface area contributed by atoms with Crippen LogP contribution in [-0.2, 0) is 0 Å². The number of likely N-dealkylation sites (tertiary alicyclic amines) is 1. The van der Waals surface area contributed by atoms with Crippen molar-refractivity contribution in [3.8, 4) is 0 Å². The first kappa shape index (κ1) is 16.3. The second-order valence-electron chi connectivity index (χ2n) is 6.85. The van der Waals surface area contributed by atoms with Gasteiger partial charge in [0.25, 0.3) is 5.91 Å². The maximum Gasteiger partial charge on any atom is 0.289 e. The molecule has 0 saturated carbocycles. The lowest BCUT2D eigenvalue weighted by Gasteiger charge is -2.16. The van der Waals surface area contributed by atoms with Crippen molar-refractivity contribution in [3.05, 3.63) is 34.6 Å². The molecule has 0 aliphatic carbocycles. The summed E-state index contributed by atoms with van der Waals surface area (Å²) in [6, 6.07) is 4.15. The second kappa shape index (κ2) is 5.84. The molecule has 1 N–H and O–H groups in total. The number of nitrogens with zero attached hydrogens (tertiary/aromatic N) is 1. The van der Waals surface area contributed by atoms with Crippen LogP contribution >= 0.6 is 12.4 Å². The largest absolute Gasteiger partial charge is 0.450 e. The fraction of sp³-hybridized carbons (Fsp3) is 0.500. The predicted octanol–water partition coefficient (Wildman–Crippen LogP) is 3.07. The number of furan rings is 1. The lowest BCUT2D eigenvalue weighted by Crippen LogP contribution is -2.31. The molecule has 3 heterocycles. The average molecular weight is 335 g/mol. The number of carbonyl (C=O) groups is 1. The molecule has 124 valence electrons. The predicted molar refractivity (Wildman–Crippen MR) is 93.4 cm³/mol. The van der Waals surface area contributed by atoms with E-state index in [0.717, 1.165) is 48.3 Å². The van der Waals surface area contributed by atoms with Gasteiger partial charge in [-0.05, 0) is 43.7 Å². The molecule has 2 aliphatic rings. The number of amides is 1. The van der Waals surface area contributed by atoms with Gasteiger partial charge in [-0.25, -0.2) is 0 Å². The Morgan fingerprint density at radius 3 is 2.35 bits per heavy atom. The molecule has 0 spiro atoms. The molecular weight excluding hydrogens is 312 g/mol. The topological polar surface area (TPSA) is 45.5 Å². The average Bonchev–Trinajstić information content (AvgIpc) is 3.15. The highest BCUT2D eigenvalue weighted by atomic mass is 35.5. The summed E-state index contributed by atoms with van der Waals surface area (Å²) in [6.45, 7) is 9.88. The summed E-state index contributed by atoms with van der Waals surface area (Å²) in [7, 11) is 0. The Hall–Kier alpha value is -1.52. The van der Waals surface area contributed by atoms with Crippen molar-refractivity contribution in [3.63, 3.8) is 0 Å². The first-order chi connectivity index (χ1) is 10.6. The quantitative estimate of drug-likeness (QED) is 0.871. The summed E-state index contributed by atoms with van der Waals surface area (Å²) in [4.78, 5) is 14.9. The Bertz CT molecular complexity index is 756. The van der Waals surface area contributed by atoms with E-state index in [1.807, 2.05) is 18.7 Å². The van der Waals surface area contributed by atoms with Crippen molar-refractivity contribution in [2.24, 2.45) is 11.8 Å². The molecule has 2 aliphatic heterocycles. The van der Waals surface area contributed by atoms with Gasteiger partial charge in [-0.1, -0.05) is 12.1 Å². The number of fused-ring (bicyclic) bond motifs is 2. The smallest absolute Gasteiger partial charge is 0.289 e. The van der Waals surface area contributed by atoms with E-state index in [2.05, 4.69) is 24.4 Å². The van der Waals surface area contributed by atoms with Crippen LogP contribution in [0.3, 0.4) is 0 Å². The van der Waals surface area contributed by atoms with Crippen molar-refractivity contribution in [2.45, 2.75) is 20.8 Å². The highest BCUT2D eigenvalue weighted by Crippen LogP contribution is 2.33. The Balaban J connectivity index is 0.00000156. The summed E-state index contributed by atoms with van der Waals surface area (Å²) in [5.41, 5.74) is 4.10. The van der Waals surface area contributed by atoms with E-state index >= 15 is 0 Å². The summed E-state index contributed by atoms with van der Waals surface area (Å²) in [5.74, 6) is 1.80. The first-order valence-electron chi connectivity index (χ1n) is 8.05. The van der Waals surface area contributed by atoms with Crippen LogP contribution in [0, 0.1) is 32.6 Å². The molecule has 1 aromatic carbocycles. The fourth-order valence-electron chi connectivity index (χ4n) is 4.04. The molecule has 1 aromatic heterocycles. The maximum absolute atomic E-state index is 12.9. The SMILES string of the molecule is Cc1ccc(C)c2c(C)c(C(=O)N3C[C@H]4CNC[C@H]4C3)oc12.Cl. The lowest BCUT2D eigenvalue weighted by molar-refractivity contribution is 0.0751. The van der Waals surface area contributed by atoms with Crippen LogP contribution in [-0.4, -0.2) is 37.0 Å². The molecular formula is C18H23ClN2O2. The van der Waals surface area contributed by atoms with Crippen LogP contribution in [0.5, 0.6) is 0 Å². The second-order valence-corrected chi connectivity index (χ2v) is 6.85. The third-order valence-electron chi connectivity index (χ3n) is 5.35. The zero-order chi connectivity index (χ0) is 15.4. The van der Waals surface area contributed by atoms with Gasteiger partial charge in [0.1, 0.15) is 5.58 Å². The molecule has 0 bridgehead atoms. The number of nitrogens with one attached hydrogen (secondary N) is 1. The van der Waals surface area contributed by atoms with Crippen molar-refractivity contribution < 1.29 is 9.21 Å². The van der Waals surface area contributed by atoms with Gasteiger partial charge in [-0.2, -0.15) is 0 Å². The minimum atomic E-state index is 0. The van der Waals surface area contributed by atoms with Gasteiger partial charge in [0, 0.05) is 37.1 Å². The molecule has 2 fully saturated rings. The standard InChI is InChI=1S/C18H22N2O2.ClH/c1-10-4-5-11(2)16-15(10)12(3)17(22-16)18(21)20-8-13-6-19-7-14(13)9-20;/h4-5,13-14,19H,6-9H2,1-3H3;1H/t13-,14+;. The van der Waals surface area contributed by atoms with Gasteiger partial charge in [-0.3, -0.25) is 4.79 Å². The third-order valence-corrected chi connectivity index (χ3v) is 5.35. The summed E-state index contributed by atoms with van der Waals surface area (Å²) >= 11 is 0. The summed E-state index contributed by atoms with van der Waals surface area (Å²) < 4.78 is 6.00. The number of hydrogen-bond donors (Lipinski definition) is 1. The molecule has 0 radical (unpaired) electrons. The third kappa shape index (κ3) is 2.45. The van der Waals surface area contributed by atoms with Crippen LogP contribution in [0.4, 0.5) is 0 Å². The molecule has 0 unspecified atom stereocenters. The molecule has 5 heteroatoms. The van der Waals surface area contributed by atoms with Gasteiger partial charge in [-0.15, -0.1) is 12.4 Å². The monoisotopic (exact) mass is 334 g/mol. The van der Waals surface area contributed by atoms with E-state index in [1.165, 1.54) is 5.56 Å². The summed E-state index contributed by atoms with van der Waals surface area (Å²) in [5, 5.41) is 4.51. The lowest BCUT2D eigenvalue weighted by atomic mass is 10.0. The van der Waals surface area contributed by atoms with Gasteiger partial charge >= 0.3 is 0 Å². The Kier molecular flexibility index (Phi) is 4.15. The number of carbonyl (C=O) groups excluding carboxylic acids is 1. The molecule has 2 atom stereocenters. The van der Waals surface area contributed by atoms with E-state index in [-0.39, 0.29) is 18.3 Å². The zero-order valence-corrected chi connectivity index (χ0v) is 14.6.